The van der Waals surface area contributed by atoms with E-state index in [4.69, 9.17) is 0 Å². The topological polar surface area (TPSA) is 40.8 Å². The molecule has 5 heteroatoms. The summed E-state index contributed by atoms with van der Waals surface area (Å²) in [5.74, 6) is 0.449. The first kappa shape index (κ1) is 12.1. The summed E-state index contributed by atoms with van der Waals surface area (Å²) in [7, 11) is 0. The van der Waals surface area contributed by atoms with E-state index in [0.717, 1.165) is 36.7 Å². The molecule has 0 bridgehead atoms. The van der Waals surface area contributed by atoms with Gasteiger partial charge in [0.2, 0.25) is 0 Å². The van der Waals surface area contributed by atoms with Crippen molar-refractivity contribution in [3.05, 3.63) is 23.0 Å². The number of hydrogen-bond donors (Lipinski definition) is 1. The van der Waals surface area contributed by atoms with Gasteiger partial charge in [-0.15, -0.1) is 11.3 Å². The number of thiazole rings is 1. The van der Waals surface area contributed by atoms with Gasteiger partial charge in [0.1, 0.15) is 0 Å². The second-order valence-electron chi connectivity index (χ2n) is 5.13. The maximum Gasteiger partial charge on any atom is 0.194 e. The zero-order valence-corrected chi connectivity index (χ0v) is 11.5. The standard InChI is InChI=1S/C13H19N3OS/c1-10-12(16-5-6-18-13(16)14-10)8-15-4-2-3-11(7-15)9-17/h5-6,11,17H,2-4,7-9H2,1H3. The Kier molecular flexibility index (Phi) is 3.37. The van der Waals surface area contributed by atoms with Gasteiger partial charge in [-0.2, -0.15) is 0 Å². The number of nitrogens with zero attached hydrogens (tertiary/aromatic N) is 3. The number of hydrogen-bond acceptors (Lipinski definition) is 4. The van der Waals surface area contributed by atoms with Crippen LogP contribution in [-0.2, 0) is 6.54 Å². The molecule has 0 aromatic carbocycles. The molecule has 1 N–H and O–H groups in total. The molecule has 1 atom stereocenters. The van der Waals surface area contributed by atoms with Gasteiger partial charge in [-0.25, -0.2) is 4.98 Å². The summed E-state index contributed by atoms with van der Waals surface area (Å²) in [6.45, 7) is 5.49. The van der Waals surface area contributed by atoms with E-state index in [2.05, 4.69) is 32.8 Å². The van der Waals surface area contributed by atoms with Crippen LogP contribution in [-0.4, -0.2) is 39.1 Å². The minimum atomic E-state index is 0.315. The van der Waals surface area contributed by atoms with Crippen LogP contribution in [0.1, 0.15) is 24.2 Å². The number of likely N-dealkylation sites (tertiary alicyclic amines) is 1. The lowest BCUT2D eigenvalue weighted by Crippen LogP contribution is -2.36. The van der Waals surface area contributed by atoms with Gasteiger partial charge in [0.15, 0.2) is 4.96 Å². The van der Waals surface area contributed by atoms with Crippen molar-refractivity contribution in [1.29, 1.82) is 0 Å². The first-order valence-electron chi connectivity index (χ1n) is 6.52. The molecule has 1 unspecified atom stereocenters. The largest absolute Gasteiger partial charge is 0.396 e. The highest BCUT2D eigenvalue weighted by molar-refractivity contribution is 7.15. The number of fused-ring (bicyclic) bond motifs is 1. The summed E-state index contributed by atoms with van der Waals surface area (Å²) in [5, 5.41) is 11.4. The summed E-state index contributed by atoms with van der Waals surface area (Å²) < 4.78 is 2.20. The Labute approximate surface area is 111 Å². The van der Waals surface area contributed by atoms with Gasteiger partial charge in [-0.1, -0.05) is 0 Å². The van der Waals surface area contributed by atoms with Crippen molar-refractivity contribution in [3.8, 4) is 0 Å². The van der Waals surface area contributed by atoms with Gasteiger partial charge in [-0.05, 0) is 32.2 Å². The van der Waals surface area contributed by atoms with Crippen LogP contribution in [0.2, 0.25) is 0 Å². The highest BCUT2D eigenvalue weighted by Crippen LogP contribution is 2.22. The predicted molar refractivity (Wildman–Crippen MR) is 72.9 cm³/mol. The fourth-order valence-corrected chi connectivity index (χ4v) is 3.57. The second-order valence-corrected chi connectivity index (χ2v) is 6.00. The third-order valence-electron chi connectivity index (χ3n) is 3.80. The minimum absolute atomic E-state index is 0.315. The highest BCUT2D eigenvalue weighted by Gasteiger charge is 2.21. The summed E-state index contributed by atoms with van der Waals surface area (Å²) in [6, 6.07) is 0. The maximum absolute atomic E-state index is 9.29. The minimum Gasteiger partial charge on any atom is -0.396 e. The van der Waals surface area contributed by atoms with Crippen molar-refractivity contribution in [2.45, 2.75) is 26.3 Å². The van der Waals surface area contributed by atoms with E-state index in [1.807, 2.05) is 0 Å². The van der Waals surface area contributed by atoms with Crippen molar-refractivity contribution >= 4 is 16.3 Å². The van der Waals surface area contributed by atoms with E-state index in [1.54, 1.807) is 11.3 Å². The Bertz CT molecular complexity index is 533. The third-order valence-corrected chi connectivity index (χ3v) is 4.55. The molecule has 0 aliphatic carbocycles. The lowest BCUT2D eigenvalue weighted by atomic mass is 9.99. The molecule has 18 heavy (non-hydrogen) atoms. The van der Waals surface area contributed by atoms with E-state index in [1.165, 1.54) is 12.1 Å². The van der Waals surface area contributed by atoms with Gasteiger partial charge in [-0.3, -0.25) is 9.30 Å². The molecule has 98 valence electrons. The Balaban J connectivity index is 1.79. The zero-order valence-electron chi connectivity index (χ0n) is 10.7. The first-order valence-corrected chi connectivity index (χ1v) is 7.40. The van der Waals surface area contributed by atoms with Crippen LogP contribution in [0.3, 0.4) is 0 Å². The summed E-state index contributed by atoms with van der Waals surface area (Å²) in [5.41, 5.74) is 2.43. The van der Waals surface area contributed by atoms with E-state index in [9.17, 15) is 5.11 Å². The van der Waals surface area contributed by atoms with Crippen LogP contribution in [0, 0.1) is 12.8 Å². The molecule has 1 aliphatic rings. The van der Waals surface area contributed by atoms with E-state index in [-0.39, 0.29) is 0 Å². The average Bonchev–Trinajstić information content (AvgIpc) is 2.93. The van der Waals surface area contributed by atoms with Crippen LogP contribution in [0.4, 0.5) is 0 Å². The van der Waals surface area contributed by atoms with Crippen molar-refractivity contribution in [2.24, 2.45) is 5.92 Å². The Hall–Kier alpha value is -0.910. The van der Waals surface area contributed by atoms with Crippen molar-refractivity contribution < 1.29 is 5.11 Å². The van der Waals surface area contributed by atoms with Gasteiger partial charge in [0.05, 0.1) is 11.4 Å². The molecule has 0 saturated carbocycles. The fraction of sp³-hybridized carbons (Fsp3) is 0.615. The van der Waals surface area contributed by atoms with Crippen molar-refractivity contribution in [2.75, 3.05) is 19.7 Å². The molecule has 1 saturated heterocycles. The number of aliphatic hydroxyl groups excluding tert-OH is 1. The van der Waals surface area contributed by atoms with Gasteiger partial charge >= 0.3 is 0 Å². The van der Waals surface area contributed by atoms with Gasteiger partial charge in [0.25, 0.3) is 0 Å². The number of imidazole rings is 1. The number of aliphatic hydroxyl groups is 1. The molecular formula is C13H19N3OS. The number of aromatic nitrogens is 2. The molecule has 1 fully saturated rings. The zero-order chi connectivity index (χ0) is 12.5. The first-order chi connectivity index (χ1) is 8.78. The predicted octanol–water partition coefficient (Wildman–Crippen LogP) is 1.91. The van der Waals surface area contributed by atoms with Crippen LogP contribution in [0.15, 0.2) is 11.6 Å². The summed E-state index contributed by atoms with van der Waals surface area (Å²) in [4.78, 5) is 8.11. The van der Waals surface area contributed by atoms with E-state index in [0.29, 0.717) is 12.5 Å². The molecule has 0 spiro atoms. The molecule has 2 aromatic heterocycles. The summed E-state index contributed by atoms with van der Waals surface area (Å²) in [6.07, 6.45) is 4.45. The quantitative estimate of drug-likeness (QED) is 0.921. The normalized spacial score (nSPS) is 21.8. The summed E-state index contributed by atoms with van der Waals surface area (Å²) >= 11 is 1.68. The lowest BCUT2D eigenvalue weighted by molar-refractivity contribution is 0.114. The number of piperidine rings is 1. The van der Waals surface area contributed by atoms with Crippen LogP contribution in [0.25, 0.3) is 4.96 Å². The van der Waals surface area contributed by atoms with Crippen LogP contribution >= 0.6 is 11.3 Å². The maximum atomic E-state index is 9.29. The van der Waals surface area contributed by atoms with Crippen LogP contribution < -0.4 is 0 Å². The third kappa shape index (κ3) is 2.18. The smallest absolute Gasteiger partial charge is 0.194 e. The SMILES string of the molecule is Cc1nc2sccn2c1CN1CCCC(CO)C1. The van der Waals surface area contributed by atoms with Crippen molar-refractivity contribution in [1.82, 2.24) is 14.3 Å². The van der Waals surface area contributed by atoms with Gasteiger partial charge in [0, 0.05) is 31.3 Å². The lowest BCUT2D eigenvalue weighted by Gasteiger charge is -2.31. The highest BCUT2D eigenvalue weighted by atomic mass is 32.1. The Morgan fingerprint density at radius 2 is 2.44 bits per heavy atom. The van der Waals surface area contributed by atoms with Crippen LogP contribution in [0.5, 0.6) is 0 Å². The molecule has 2 aromatic rings. The van der Waals surface area contributed by atoms with Gasteiger partial charge < -0.3 is 5.11 Å². The second kappa shape index (κ2) is 4.99. The molecule has 3 heterocycles. The molecule has 3 rings (SSSR count). The fourth-order valence-electron chi connectivity index (χ4n) is 2.79. The number of rotatable bonds is 3. The molecule has 1 aliphatic heterocycles. The molecular weight excluding hydrogens is 246 g/mol. The monoisotopic (exact) mass is 265 g/mol. The van der Waals surface area contributed by atoms with E-state index < -0.39 is 0 Å². The molecule has 4 nitrogen and oxygen atoms in total. The number of aryl methyl sites for hydroxylation is 1. The van der Waals surface area contributed by atoms with E-state index >= 15 is 0 Å². The molecule has 0 radical (unpaired) electrons. The van der Waals surface area contributed by atoms with Crippen molar-refractivity contribution in [3.63, 3.8) is 0 Å². The Morgan fingerprint density at radius 1 is 1.56 bits per heavy atom. The Morgan fingerprint density at radius 3 is 3.28 bits per heavy atom. The average molecular weight is 265 g/mol. The molecule has 0 amide bonds.